The van der Waals surface area contributed by atoms with Crippen molar-refractivity contribution in [2.24, 2.45) is 5.73 Å². The Morgan fingerprint density at radius 1 is 1.24 bits per heavy atom. The maximum atomic E-state index is 5.47. The van der Waals surface area contributed by atoms with Crippen molar-refractivity contribution in [2.45, 2.75) is 6.54 Å². The summed E-state index contributed by atoms with van der Waals surface area (Å²) in [4.78, 5) is 0. The van der Waals surface area contributed by atoms with Gasteiger partial charge in [-0.2, -0.15) is 0 Å². The largest absolute Gasteiger partial charge is 0.497 e. The molecule has 5 heteroatoms. The Hall–Kier alpha value is -2.01. The third-order valence-electron chi connectivity index (χ3n) is 2.44. The number of hydrogen-bond acceptors (Lipinski definition) is 5. The minimum absolute atomic E-state index is 0.325. The van der Waals surface area contributed by atoms with Crippen molar-refractivity contribution in [2.75, 3.05) is 14.2 Å². The van der Waals surface area contributed by atoms with Crippen LogP contribution >= 0.6 is 0 Å². The SMILES string of the molecule is COc1ccc(-c2cc(CN)on2)c(OC)c1. The molecule has 0 aliphatic heterocycles. The zero-order valence-electron chi connectivity index (χ0n) is 9.77. The van der Waals surface area contributed by atoms with E-state index in [1.54, 1.807) is 26.4 Å². The molecule has 0 unspecified atom stereocenters. The van der Waals surface area contributed by atoms with E-state index in [0.29, 0.717) is 23.7 Å². The van der Waals surface area contributed by atoms with E-state index in [1.807, 2.05) is 12.1 Å². The lowest BCUT2D eigenvalue weighted by molar-refractivity contribution is 0.384. The van der Waals surface area contributed by atoms with Gasteiger partial charge < -0.3 is 19.7 Å². The molecule has 0 amide bonds. The number of rotatable bonds is 4. The van der Waals surface area contributed by atoms with Crippen LogP contribution in [0.4, 0.5) is 0 Å². The van der Waals surface area contributed by atoms with Crippen LogP contribution in [0.15, 0.2) is 28.8 Å². The Morgan fingerprint density at radius 3 is 2.65 bits per heavy atom. The Balaban J connectivity index is 2.43. The standard InChI is InChI=1S/C12H14N2O3/c1-15-8-3-4-10(12(6-8)16-2)11-5-9(7-13)17-14-11/h3-6H,7,13H2,1-2H3. The summed E-state index contributed by atoms with van der Waals surface area (Å²) < 4.78 is 15.5. The molecule has 0 aliphatic carbocycles. The molecule has 90 valence electrons. The van der Waals surface area contributed by atoms with Gasteiger partial charge in [0.2, 0.25) is 0 Å². The number of nitrogens with two attached hydrogens (primary N) is 1. The highest BCUT2D eigenvalue weighted by atomic mass is 16.5. The van der Waals surface area contributed by atoms with Gasteiger partial charge in [0.05, 0.1) is 20.8 Å². The van der Waals surface area contributed by atoms with E-state index in [0.717, 1.165) is 11.3 Å². The second-order valence-corrected chi connectivity index (χ2v) is 3.45. The van der Waals surface area contributed by atoms with Crippen LogP contribution in [-0.4, -0.2) is 19.4 Å². The summed E-state index contributed by atoms with van der Waals surface area (Å²) in [5.74, 6) is 2.05. The molecule has 0 radical (unpaired) electrons. The average molecular weight is 234 g/mol. The van der Waals surface area contributed by atoms with Crippen molar-refractivity contribution < 1.29 is 14.0 Å². The molecule has 0 bridgehead atoms. The summed E-state index contributed by atoms with van der Waals surface area (Å²) in [7, 11) is 3.21. The lowest BCUT2D eigenvalue weighted by atomic mass is 10.1. The van der Waals surface area contributed by atoms with Gasteiger partial charge in [0, 0.05) is 17.7 Å². The molecule has 5 nitrogen and oxygen atoms in total. The predicted molar refractivity (Wildman–Crippen MR) is 62.9 cm³/mol. The predicted octanol–water partition coefficient (Wildman–Crippen LogP) is 1.82. The minimum Gasteiger partial charge on any atom is -0.497 e. The number of ether oxygens (including phenoxy) is 2. The first-order valence-corrected chi connectivity index (χ1v) is 5.16. The molecule has 1 aromatic carbocycles. The number of benzene rings is 1. The number of nitrogens with zero attached hydrogens (tertiary/aromatic N) is 1. The first kappa shape index (κ1) is 11.5. The second kappa shape index (κ2) is 4.88. The summed E-state index contributed by atoms with van der Waals surface area (Å²) in [5, 5.41) is 3.95. The van der Waals surface area contributed by atoms with Gasteiger partial charge in [-0.05, 0) is 12.1 Å². The summed E-state index contributed by atoms with van der Waals surface area (Å²) in [6.07, 6.45) is 0. The fourth-order valence-electron chi connectivity index (χ4n) is 1.55. The summed E-state index contributed by atoms with van der Waals surface area (Å²) in [6.45, 7) is 0.325. The van der Waals surface area contributed by atoms with E-state index in [2.05, 4.69) is 5.16 Å². The molecule has 0 spiro atoms. The maximum absolute atomic E-state index is 5.47. The lowest BCUT2D eigenvalue weighted by Gasteiger charge is -2.07. The Bertz CT molecular complexity index is 508. The minimum atomic E-state index is 0.325. The van der Waals surface area contributed by atoms with Crippen LogP contribution in [0.1, 0.15) is 5.76 Å². The van der Waals surface area contributed by atoms with E-state index >= 15 is 0 Å². The van der Waals surface area contributed by atoms with Crippen molar-refractivity contribution in [3.05, 3.63) is 30.0 Å². The van der Waals surface area contributed by atoms with Crippen LogP contribution in [0.25, 0.3) is 11.3 Å². The van der Waals surface area contributed by atoms with E-state index in [4.69, 9.17) is 19.7 Å². The topological polar surface area (TPSA) is 70.5 Å². The molecule has 1 heterocycles. The van der Waals surface area contributed by atoms with Gasteiger partial charge in [-0.3, -0.25) is 0 Å². The van der Waals surface area contributed by atoms with Crippen molar-refractivity contribution in [3.63, 3.8) is 0 Å². The molecule has 0 aliphatic rings. The second-order valence-electron chi connectivity index (χ2n) is 3.45. The third kappa shape index (κ3) is 2.24. The van der Waals surface area contributed by atoms with Gasteiger partial charge >= 0.3 is 0 Å². The Labute approximate surface area is 99.1 Å². The lowest BCUT2D eigenvalue weighted by Crippen LogP contribution is -1.93. The van der Waals surface area contributed by atoms with Crippen molar-refractivity contribution in [3.8, 4) is 22.8 Å². The van der Waals surface area contributed by atoms with Gasteiger partial charge in [0.25, 0.3) is 0 Å². The first-order chi connectivity index (χ1) is 8.28. The van der Waals surface area contributed by atoms with Gasteiger partial charge in [-0.15, -0.1) is 0 Å². The number of methoxy groups -OCH3 is 2. The molecule has 0 fully saturated rings. The zero-order valence-corrected chi connectivity index (χ0v) is 9.77. The molecule has 2 aromatic rings. The number of aromatic nitrogens is 1. The maximum Gasteiger partial charge on any atom is 0.150 e. The third-order valence-corrected chi connectivity index (χ3v) is 2.44. The first-order valence-electron chi connectivity index (χ1n) is 5.16. The van der Waals surface area contributed by atoms with Crippen LogP contribution in [-0.2, 0) is 6.54 Å². The van der Waals surface area contributed by atoms with Gasteiger partial charge in [-0.25, -0.2) is 0 Å². The molecule has 2 rings (SSSR count). The number of hydrogen-bond donors (Lipinski definition) is 1. The van der Waals surface area contributed by atoms with Crippen molar-refractivity contribution in [1.29, 1.82) is 0 Å². The normalized spacial score (nSPS) is 10.3. The van der Waals surface area contributed by atoms with Crippen LogP contribution < -0.4 is 15.2 Å². The smallest absolute Gasteiger partial charge is 0.150 e. The Kier molecular flexibility index (Phi) is 3.30. The molecule has 17 heavy (non-hydrogen) atoms. The van der Waals surface area contributed by atoms with Crippen LogP contribution in [0.5, 0.6) is 11.5 Å². The monoisotopic (exact) mass is 234 g/mol. The molecule has 0 saturated carbocycles. The van der Waals surface area contributed by atoms with Gasteiger partial charge in [-0.1, -0.05) is 5.16 Å². The fraction of sp³-hybridized carbons (Fsp3) is 0.250. The summed E-state index contributed by atoms with van der Waals surface area (Å²) in [6, 6.07) is 7.31. The van der Waals surface area contributed by atoms with Crippen LogP contribution in [0, 0.1) is 0 Å². The van der Waals surface area contributed by atoms with Crippen LogP contribution in [0.2, 0.25) is 0 Å². The van der Waals surface area contributed by atoms with Gasteiger partial charge in [0.1, 0.15) is 17.2 Å². The molecule has 2 N–H and O–H groups in total. The van der Waals surface area contributed by atoms with Gasteiger partial charge in [0.15, 0.2) is 5.76 Å². The highest BCUT2D eigenvalue weighted by Gasteiger charge is 2.11. The molecule has 0 atom stereocenters. The average Bonchev–Trinajstić information content (AvgIpc) is 2.86. The van der Waals surface area contributed by atoms with E-state index in [1.165, 1.54) is 0 Å². The molecular formula is C12H14N2O3. The zero-order chi connectivity index (χ0) is 12.3. The Morgan fingerprint density at radius 2 is 2.06 bits per heavy atom. The van der Waals surface area contributed by atoms with E-state index in [9.17, 15) is 0 Å². The highest BCUT2D eigenvalue weighted by Crippen LogP contribution is 2.32. The molecule has 1 aromatic heterocycles. The quantitative estimate of drug-likeness (QED) is 0.873. The van der Waals surface area contributed by atoms with Crippen molar-refractivity contribution >= 4 is 0 Å². The van der Waals surface area contributed by atoms with Crippen molar-refractivity contribution in [1.82, 2.24) is 5.16 Å². The highest BCUT2D eigenvalue weighted by molar-refractivity contribution is 5.68. The molecule has 0 saturated heterocycles. The summed E-state index contributed by atoms with van der Waals surface area (Å²) >= 11 is 0. The van der Waals surface area contributed by atoms with E-state index in [-0.39, 0.29) is 0 Å². The van der Waals surface area contributed by atoms with E-state index < -0.39 is 0 Å². The fourth-order valence-corrected chi connectivity index (χ4v) is 1.55. The summed E-state index contributed by atoms with van der Waals surface area (Å²) in [5.41, 5.74) is 7.02. The molecular weight excluding hydrogens is 220 g/mol. The van der Waals surface area contributed by atoms with Crippen LogP contribution in [0.3, 0.4) is 0 Å².